The first-order valence-electron chi connectivity index (χ1n) is 45.7. The molecule has 0 N–H and O–H groups in total. The molecule has 15 heteroatoms. The number of hydrogen-bond donors (Lipinski definition) is 0. The first-order valence-corrected chi connectivity index (χ1v) is 45.7. The van der Waals surface area contributed by atoms with Gasteiger partial charge in [-0.05, 0) is 242 Å². The van der Waals surface area contributed by atoms with Crippen molar-refractivity contribution in [3.8, 4) is 146 Å². The lowest BCUT2D eigenvalue weighted by molar-refractivity contribution is 0.669. The van der Waals surface area contributed by atoms with Crippen LogP contribution in [0.15, 0.2) is 465 Å². The van der Waals surface area contributed by atoms with Crippen molar-refractivity contribution in [1.29, 1.82) is 0 Å². The van der Waals surface area contributed by atoms with Gasteiger partial charge in [0.2, 0.25) is 0 Å². The van der Waals surface area contributed by atoms with Crippen LogP contribution in [0, 0.1) is 6.57 Å². The van der Waals surface area contributed by atoms with Gasteiger partial charge in [-0.15, -0.1) is 0 Å². The first kappa shape index (κ1) is 80.9. The van der Waals surface area contributed by atoms with Gasteiger partial charge in [-0.3, -0.25) is 13.2 Å². The third kappa shape index (κ3) is 15.3. The average Bonchev–Trinajstić information content (AvgIpc) is 1.52. The second kappa shape index (κ2) is 34.5. The summed E-state index contributed by atoms with van der Waals surface area (Å²) in [7, 11) is 0. The van der Waals surface area contributed by atoms with E-state index in [1.54, 1.807) is 0 Å². The summed E-state index contributed by atoms with van der Waals surface area (Å²) in [6.45, 7) is 7.47. The van der Waals surface area contributed by atoms with Crippen molar-refractivity contribution < 1.29 is 4.42 Å². The molecule has 0 atom stereocenters. The van der Waals surface area contributed by atoms with E-state index in [0.29, 0.717) is 34.8 Å². The van der Waals surface area contributed by atoms with Gasteiger partial charge in [-0.25, -0.2) is 54.7 Å². The highest BCUT2D eigenvalue weighted by molar-refractivity contribution is 6.06. The molecule has 0 spiro atoms. The van der Waals surface area contributed by atoms with Crippen LogP contribution in [0.1, 0.15) is 0 Å². The summed E-state index contributed by atoms with van der Waals surface area (Å²) in [6, 6.07) is 158. The van der Waals surface area contributed by atoms with E-state index in [0.717, 1.165) is 222 Å². The van der Waals surface area contributed by atoms with Gasteiger partial charge < -0.3 is 4.42 Å². The number of furan rings is 1. The largest absolute Gasteiger partial charge is 0.456 e. The molecule has 17 aromatic carbocycles. The molecule has 0 radical (unpaired) electrons. The summed E-state index contributed by atoms with van der Waals surface area (Å²) < 4.78 is 13.0. The van der Waals surface area contributed by atoms with E-state index in [-0.39, 0.29) is 0 Å². The van der Waals surface area contributed by atoms with Crippen LogP contribution in [0.3, 0.4) is 0 Å². The third-order valence-corrected chi connectivity index (χ3v) is 25.6. The maximum atomic E-state index is 7.47. The predicted octanol–water partition coefficient (Wildman–Crippen LogP) is 30.8. The second-order valence-electron chi connectivity index (χ2n) is 34.2. The fourth-order valence-corrected chi connectivity index (χ4v) is 18.9. The molecule has 10 heterocycles. The molecule has 27 rings (SSSR count). The summed E-state index contributed by atoms with van der Waals surface area (Å²) in [4.78, 5) is 53.3. The smallest absolute Gasteiger partial charge is 0.187 e. The Kier molecular flexibility index (Phi) is 20.2. The highest BCUT2D eigenvalue weighted by Gasteiger charge is 2.22. The van der Waals surface area contributed by atoms with Crippen LogP contribution in [0.25, 0.3) is 256 Å². The lowest BCUT2D eigenvalue weighted by Gasteiger charge is -2.13. The zero-order chi connectivity index (χ0) is 91.5. The molecule has 0 aliphatic heterocycles. The van der Waals surface area contributed by atoms with Gasteiger partial charge in [-0.1, -0.05) is 285 Å². The van der Waals surface area contributed by atoms with Crippen molar-refractivity contribution in [2.75, 3.05) is 0 Å². The Bertz CT molecular complexity index is 9390. The predicted molar refractivity (Wildman–Crippen MR) is 559 cm³/mol. The molecule has 27 aromatic rings. The van der Waals surface area contributed by atoms with Crippen molar-refractivity contribution in [3.63, 3.8) is 0 Å². The molecule has 0 unspecified atom stereocenters. The molecule has 0 amide bonds. The SMILES string of the molecule is [C-]#[N+]c1cccc(-c2cc(-c3ccccc3)nc(-c3cccc(-c4ccc5c(ccc6nc7ccccc7n65)c4)c3)n2)c1.c1ccc(-c2cc(-c3ccccc3)cc(-c3nc(-c4ccc5c(ccc6nc7ccccc7n65)c4)cc(-c4ccc5c(c4)oc4ccccc45)n3)c2)cc1.c1ccc(-c2nc(-c3ccccc3)nc(-c3cccc(-c4ccc5c(ccc6nc7ccccc7n65)c4)c3)n2)cc1. The molecule has 15 nitrogen and oxygen atoms in total. The number of benzene rings is 17. The molecular weight excluding hydrogens is 1690 g/mol. The molecule has 0 aliphatic rings. The lowest BCUT2D eigenvalue weighted by Crippen LogP contribution is -2.00. The number of rotatable bonds is 13. The number of nitrogens with zero attached hydrogens (tertiary/aromatic N) is 14. The van der Waals surface area contributed by atoms with Gasteiger partial charge >= 0.3 is 0 Å². The molecular formula is C123H76N14O. The number of aromatic nitrogens is 13. The van der Waals surface area contributed by atoms with Gasteiger partial charge in [-0.2, -0.15) is 0 Å². The van der Waals surface area contributed by atoms with Crippen molar-refractivity contribution >= 4 is 110 Å². The molecule has 0 saturated carbocycles. The van der Waals surface area contributed by atoms with Crippen LogP contribution in [-0.2, 0) is 0 Å². The molecule has 644 valence electrons. The Balaban J connectivity index is 0.000000111. The van der Waals surface area contributed by atoms with E-state index in [1.165, 1.54) is 0 Å². The van der Waals surface area contributed by atoms with Crippen molar-refractivity contribution in [1.82, 2.24) is 63.0 Å². The first-order chi connectivity index (χ1) is 68.2. The summed E-state index contributed by atoms with van der Waals surface area (Å²) in [5, 5.41) is 5.58. The number of pyridine rings is 3. The van der Waals surface area contributed by atoms with Gasteiger partial charge in [0.25, 0.3) is 0 Å². The standard InChI is InChI=1S/C49H30N4O.C38H23N5.C36H23N5/c1-3-11-31(12-4-1)36-26-37(32-13-5-2-6-14-32)28-38(27-36)49-51-42(30-43(52-49)34-19-22-40-39-15-7-10-18-46(39)54-47(40)29-34)33-20-23-44-35(25-33)21-24-48-50-41-16-8-9-17-45(41)53(44)48;1-39-31-14-8-12-28(23-31)34-24-33(25-9-3-2-4-10-25)41-38(42-34)30-13-7-11-26(22-30)27-17-19-35-29(21-27)18-20-37-40-32-15-5-6-16-36(32)43(35)37;1-3-10-24(11-4-1)34-38-35(25-12-5-2-6-13-25)40-36(39-34)29-15-9-14-26(23-29)27-18-20-31-28(22-27)19-21-33-37-30-16-7-8-17-32(30)41(31)33/h1-30H;2-24H;1-23H. The van der Waals surface area contributed by atoms with Gasteiger partial charge in [0.15, 0.2) is 34.8 Å². The zero-order valence-electron chi connectivity index (χ0n) is 74.0. The number of para-hydroxylation sites is 7. The van der Waals surface area contributed by atoms with E-state index in [4.69, 9.17) is 60.8 Å². The normalized spacial score (nSPS) is 11.5. The summed E-state index contributed by atoms with van der Waals surface area (Å²) in [5.41, 5.74) is 35.5. The van der Waals surface area contributed by atoms with Gasteiger partial charge in [0, 0.05) is 55.3 Å². The van der Waals surface area contributed by atoms with Crippen LogP contribution < -0.4 is 0 Å². The minimum Gasteiger partial charge on any atom is -0.456 e. The number of hydrogen-bond acceptors (Lipinski definition) is 11. The molecule has 0 saturated heterocycles. The van der Waals surface area contributed by atoms with Crippen LogP contribution >= 0.6 is 0 Å². The summed E-state index contributed by atoms with van der Waals surface area (Å²) >= 11 is 0. The Morgan fingerprint density at radius 2 is 0.500 bits per heavy atom. The Morgan fingerprint density at radius 1 is 0.181 bits per heavy atom. The van der Waals surface area contributed by atoms with Crippen LogP contribution in [-0.4, -0.2) is 63.0 Å². The van der Waals surface area contributed by atoms with Gasteiger partial charge in [0.05, 0.1) is 79.0 Å². The maximum Gasteiger partial charge on any atom is 0.187 e. The topological polar surface area (TPSA) is 160 Å². The van der Waals surface area contributed by atoms with Crippen LogP contribution in [0.5, 0.6) is 0 Å². The lowest BCUT2D eigenvalue weighted by atomic mass is 9.95. The molecule has 10 aromatic heterocycles. The van der Waals surface area contributed by atoms with Crippen LogP contribution in [0.2, 0.25) is 0 Å². The molecule has 0 aliphatic carbocycles. The average molecular weight is 1770 g/mol. The van der Waals surface area contributed by atoms with Gasteiger partial charge in [0.1, 0.15) is 28.1 Å². The quantitative estimate of drug-likeness (QED) is 0.101. The van der Waals surface area contributed by atoms with E-state index in [2.05, 4.69) is 321 Å². The van der Waals surface area contributed by atoms with E-state index in [9.17, 15) is 0 Å². The summed E-state index contributed by atoms with van der Waals surface area (Å²) in [5.74, 6) is 3.24. The van der Waals surface area contributed by atoms with Crippen LogP contribution in [0.4, 0.5) is 5.69 Å². The number of imidazole rings is 3. The second-order valence-corrected chi connectivity index (χ2v) is 34.2. The Morgan fingerprint density at radius 3 is 0.978 bits per heavy atom. The van der Waals surface area contributed by atoms with E-state index >= 15 is 0 Å². The molecule has 0 fully saturated rings. The Hall–Kier alpha value is -19.2. The highest BCUT2D eigenvalue weighted by atomic mass is 16.3. The Labute approximate surface area is 791 Å². The highest BCUT2D eigenvalue weighted by Crippen LogP contribution is 2.41. The van der Waals surface area contributed by atoms with Crippen molar-refractivity contribution in [2.24, 2.45) is 0 Å². The minimum atomic E-state index is 0.582. The summed E-state index contributed by atoms with van der Waals surface area (Å²) in [6.07, 6.45) is 0. The van der Waals surface area contributed by atoms with E-state index in [1.807, 2.05) is 158 Å². The maximum absolute atomic E-state index is 7.47. The fraction of sp³-hybridized carbons (Fsp3) is 0. The third-order valence-electron chi connectivity index (χ3n) is 25.6. The fourth-order valence-electron chi connectivity index (χ4n) is 18.9. The monoisotopic (exact) mass is 1760 g/mol. The molecule has 138 heavy (non-hydrogen) atoms. The number of fused-ring (bicyclic) bond motifs is 18. The van der Waals surface area contributed by atoms with Crippen molar-refractivity contribution in [3.05, 3.63) is 472 Å². The van der Waals surface area contributed by atoms with Crippen molar-refractivity contribution in [2.45, 2.75) is 0 Å². The zero-order valence-corrected chi connectivity index (χ0v) is 74.0. The minimum absolute atomic E-state index is 0.582. The van der Waals surface area contributed by atoms with E-state index < -0.39 is 0 Å². The molecule has 0 bridgehead atoms.